The van der Waals surface area contributed by atoms with Crippen molar-refractivity contribution in [3.05, 3.63) is 36.0 Å². The predicted molar refractivity (Wildman–Crippen MR) is 93.1 cm³/mol. The summed E-state index contributed by atoms with van der Waals surface area (Å²) >= 11 is 0. The normalized spacial score (nSPS) is 23.7. The molecule has 0 unspecified atom stereocenters. The van der Waals surface area contributed by atoms with E-state index in [9.17, 15) is 9.59 Å². The Labute approximate surface area is 150 Å². The van der Waals surface area contributed by atoms with Crippen LogP contribution in [-0.4, -0.2) is 34.9 Å². The maximum Gasteiger partial charge on any atom is 0.401 e. The average Bonchev–Trinajstić information content (AvgIpc) is 3.32. The molecule has 8 nitrogen and oxygen atoms in total. The summed E-state index contributed by atoms with van der Waals surface area (Å²) in [6.07, 6.45) is 4.70. The van der Waals surface area contributed by atoms with Gasteiger partial charge in [-0.15, -0.1) is 0 Å². The van der Waals surface area contributed by atoms with Crippen molar-refractivity contribution in [2.45, 2.75) is 44.3 Å². The number of carbonyl (C=O) groups is 2. The Hall–Kier alpha value is -2.87. The molecule has 2 amide bonds. The average molecular weight is 356 g/mol. The molecule has 3 heterocycles. The van der Waals surface area contributed by atoms with Crippen LogP contribution in [0.5, 0.6) is 11.8 Å². The summed E-state index contributed by atoms with van der Waals surface area (Å²) in [6.45, 7) is 1.37. The fraction of sp³-hybridized carbons (Fsp3) is 0.389. The molecule has 4 rings (SSSR count). The Kier molecular flexibility index (Phi) is 4.34. The number of fused-ring (bicyclic) bond motifs is 2. The topological polar surface area (TPSA) is 105 Å². The van der Waals surface area contributed by atoms with E-state index in [4.69, 9.17) is 9.15 Å². The van der Waals surface area contributed by atoms with E-state index >= 15 is 0 Å². The molecule has 2 fully saturated rings. The summed E-state index contributed by atoms with van der Waals surface area (Å²) < 4.78 is 10.7. The molecule has 0 aliphatic carbocycles. The summed E-state index contributed by atoms with van der Waals surface area (Å²) in [7, 11) is 0. The number of aromatic nitrogens is 1. The predicted octanol–water partition coefficient (Wildman–Crippen LogP) is 2.05. The largest absolute Gasteiger partial charge is 0.411 e. The van der Waals surface area contributed by atoms with Gasteiger partial charge in [0.05, 0.1) is 6.20 Å². The van der Waals surface area contributed by atoms with Crippen LogP contribution in [0.1, 0.15) is 36.5 Å². The maximum atomic E-state index is 12.4. The summed E-state index contributed by atoms with van der Waals surface area (Å²) in [5, 5.41) is 9.09. The highest BCUT2D eigenvalue weighted by Gasteiger charge is 2.39. The van der Waals surface area contributed by atoms with Gasteiger partial charge in [-0.25, -0.2) is 0 Å². The first-order chi connectivity index (χ1) is 12.6. The second-order valence-corrected chi connectivity index (χ2v) is 6.66. The highest BCUT2D eigenvalue weighted by molar-refractivity contribution is 5.94. The molecule has 0 saturated carbocycles. The van der Waals surface area contributed by atoms with Crippen molar-refractivity contribution in [3.63, 3.8) is 0 Å². The third-order valence-electron chi connectivity index (χ3n) is 4.72. The van der Waals surface area contributed by atoms with E-state index < -0.39 is 0 Å². The molecule has 3 atom stereocenters. The lowest BCUT2D eigenvalue weighted by Gasteiger charge is -2.21. The number of carbonyl (C=O) groups excluding carboxylic acids is 2. The molecule has 2 saturated heterocycles. The van der Waals surface area contributed by atoms with Crippen molar-refractivity contribution in [2.24, 2.45) is 0 Å². The molecule has 3 N–H and O–H groups in total. The number of hydrogen-bond donors (Lipinski definition) is 3. The van der Waals surface area contributed by atoms with Crippen LogP contribution < -0.4 is 20.7 Å². The van der Waals surface area contributed by atoms with Crippen molar-refractivity contribution in [3.8, 4) is 11.8 Å². The molecule has 1 aromatic heterocycles. The van der Waals surface area contributed by atoms with Crippen LogP contribution in [0.3, 0.4) is 0 Å². The summed E-state index contributed by atoms with van der Waals surface area (Å²) in [5.41, 5.74) is 0.575. The molecule has 0 spiro atoms. The lowest BCUT2D eigenvalue weighted by atomic mass is 9.95. The van der Waals surface area contributed by atoms with Gasteiger partial charge in [0.15, 0.2) is 0 Å². The minimum Gasteiger partial charge on any atom is -0.411 e. The first-order valence-electron chi connectivity index (χ1n) is 8.65. The van der Waals surface area contributed by atoms with Gasteiger partial charge in [0.1, 0.15) is 5.75 Å². The summed E-state index contributed by atoms with van der Waals surface area (Å²) in [6, 6.07) is 7.90. The second kappa shape index (κ2) is 6.80. The van der Waals surface area contributed by atoms with Crippen LogP contribution >= 0.6 is 0 Å². The number of nitrogens with zero attached hydrogens (tertiary/aromatic N) is 1. The maximum absolute atomic E-state index is 12.4. The van der Waals surface area contributed by atoms with Crippen molar-refractivity contribution in [2.75, 3.05) is 5.32 Å². The molecule has 2 aliphatic rings. The minimum absolute atomic E-state index is 0.0130. The highest BCUT2D eigenvalue weighted by atomic mass is 16.6. The van der Waals surface area contributed by atoms with E-state index in [0.29, 0.717) is 23.4 Å². The number of rotatable bonds is 5. The SMILES string of the molecule is CC(=O)Nc1cnc(Oc2ccc(C(=O)N[C@@H]3C[C@H]4CC[C@@H]3N4)cc2)o1. The van der Waals surface area contributed by atoms with Crippen LogP contribution in [0, 0.1) is 0 Å². The summed E-state index contributed by atoms with van der Waals surface area (Å²) in [4.78, 5) is 27.3. The van der Waals surface area contributed by atoms with Gasteiger partial charge >= 0.3 is 6.08 Å². The van der Waals surface area contributed by atoms with Gasteiger partial charge in [-0.3, -0.25) is 14.9 Å². The van der Waals surface area contributed by atoms with E-state index in [-0.39, 0.29) is 29.8 Å². The first kappa shape index (κ1) is 16.6. The monoisotopic (exact) mass is 356 g/mol. The number of ether oxygens (including phenoxy) is 1. The molecule has 136 valence electrons. The van der Waals surface area contributed by atoms with Crippen molar-refractivity contribution in [1.29, 1.82) is 0 Å². The Morgan fingerprint density at radius 2 is 2.08 bits per heavy atom. The first-order valence-corrected chi connectivity index (χ1v) is 8.65. The van der Waals surface area contributed by atoms with Gasteiger partial charge < -0.3 is 19.8 Å². The van der Waals surface area contributed by atoms with Gasteiger partial charge in [-0.05, 0) is 43.5 Å². The van der Waals surface area contributed by atoms with Crippen molar-refractivity contribution >= 4 is 17.7 Å². The molecular formula is C18H20N4O4. The smallest absolute Gasteiger partial charge is 0.401 e. The van der Waals surface area contributed by atoms with E-state index in [1.54, 1.807) is 24.3 Å². The Morgan fingerprint density at radius 3 is 2.73 bits per heavy atom. The molecule has 2 aromatic rings. The zero-order chi connectivity index (χ0) is 18.1. The van der Waals surface area contributed by atoms with Gasteiger partial charge in [-0.1, -0.05) is 0 Å². The Bertz CT molecular complexity index is 817. The molecule has 26 heavy (non-hydrogen) atoms. The Morgan fingerprint density at radius 1 is 1.27 bits per heavy atom. The summed E-state index contributed by atoms with van der Waals surface area (Å²) in [5.74, 6) is 0.357. The number of amides is 2. The lowest BCUT2D eigenvalue weighted by Crippen LogP contribution is -2.42. The quantitative estimate of drug-likeness (QED) is 0.757. The number of nitrogens with one attached hydrogen (secondary N) is 3. The third-order valence-corrected chi connectivity index (χ3v) is 4.72. The molecular weight excluding hydrogens is 336 g/mol. The van der Waals surface area contributed by atoms with Gasteiger partial charge in [0.25, 0.3) is 5.91 Å². The van der Waals surface area contributed by atoms with E-state index in [1.165, 1.54) is 19.5 Å². The molecule has 2 aliphatic heterocycles. The minimum atomic E-state index is -0.256. The number of oxazole rings is 1. The number of anilines is 1. The highest BCUT2D eigenvalue weighted by Crippen LogP contribution is 2.28. The standard InChI is InChI=1S/C18H20N4O4/c1-10(23)20-16-9-19-18(26-16)25-13-5-2-11(3-6-13)17(24)22-15-8-12-4-7-14(15)21-12/h2-3,5-6,9,12,14-15,21H,4,7-8H2,1H3,(H,20,23)(H,22,24)/t12-,14+,15-/m1/s1. The number of benzene rings is 1. The lowest BCUT2D eigenvalue weighted by molar-refractivity contribution is -0.114. The fourth-order valence-electron chi connectivity index (χ4n) is 3.55. The zero-order valence-electron chi connectivity index (χ0n) is 14.3. The van der Waals surface area contributed by atoms with Crippen molar-refractivity contribution in [1.82, 2.24) is 15.6 Å². The van der Waals surface area contributed by atoms with Crippen LogP contribution in [-0.2, 0) is 4.79 Å². The Balaban J connectivity index is 1.35. The van der Waals surface area contributed by atoms with Gasteiger partial charge in [0, 0.05) is 30.6 Å². The van der Waals surface area contributed by atoms with Crippen LogP contribution in [0.4, 0.5) is 5.88 Å². The zero-order valence-corrected chi connectivity index (χ0v) is 14.3. The van der Waals surface area contributed by atoms with Gasteiger partial charge in [0.2, 0.25) is 11.8 Å². The molecule has 1 aromatic carbocycles. The number of hydrogen-bond acceptors (Lipinski definition) is 6. The van der Waals surface area contributed by atoms with E-state index in [2.05, 4.69) is 20.9 Å². The van der Waals surface area contributed by atoms with Gasteiger partial charge in [-0.2, -0.15) is 4.98 Å². The van der Waals surface area contributed by atoms with Crippen molar-refractivity contribution < 1.29 is 18.7 Å². The molecule has 2 bridgehead atoms. The fourth-order valence-corrected chi connectivity index (χ4v) is 3.55. The van der Waals surface area contributed by atoms with E-state index in [1.807, 2.05) is 0 Å². The van der Waals surface area contributed by atoms with Crippen LogP contribution in [0.15, 0.2) is 34.9 Å². The second-order valence-electron chi connectivity index (χ2n) is 6.66. The van der Waals surface area contributed by atoms with E-state index in [0.717, 1.165) is 12.8 Å². The molecule has 8 heteroatoms. The molecule has 0 radical (unpaired) electrons. The van der Waals surface area contributed by atoms with Crippen LogP contribution in [0.2, 0.25) is 0 Å². The van der Waals surface area contributed by atoms with Crippen LogP contribution in [0.25, 0.3) is 0 Å². The third kappa shape index (κ3) is 3.55.